The summed E-state index contributed by atoms with van der Waals surface area (Å²) >= 11 is 1.39. The van der Waals surface area contributed by atoms with Crippen molar-refractivity contribution in [3.05, 3.63) is 16.0 Å². The fourth-order valence-corrected chi connectivity index (χ4v) is 6.12. The van der Waals surface area contributed by atoms with Gasteiger partial charge in [0.25, 0.3) is 5.91 Å². The van der Waals surface area contributed by atoms with Crippen LogP contribution in [0.25, 0.3) is 0 Å². The molecule has 0 radical (unpaired) electrons. The van der Waals surface area contributed by atoms with Crippen LogP contribution in [0, 0.1) is 5.92 Å². The Kier molecular flexibility index (Phi) is 7.59. The lowest BCUT2D eigenvalue weighted by Crippen LogP contribution is -2.47. The minimum atomic E-state index is -0.935. The Morgan fingerprint density at radius 3 is 2.53 bits per heavy atom. The topological polar surface area (TPSA) is 105 Å². The van der Waals surface area contributed by atoms with Crippen LogP contribution in [-0.4, -0.2) is 47.4 Å². The summed E-state index contributed by atoms with van der Waals surface area (Å²) in [6.45, 7) is 7.69. The lowest BCUT2D eigenvalue weighted by Gasteiger charge is -2.25. The molecule has 4 amide bonds. The number of imide groups is 1. The molecule has 1 atom stereocenters. The first-order valence-electron chi connectivity index (χ1n) is 11.5. The molecule has 1 aliphatic carbocycles. The van der Waals surface area contributed by atoms with Gasteiger partial charge in [0.15, 0.2) is 0 Å². The van der Waals surface area contributed by atoms with Gasteiger partial charge in [-0.1, -0.05) is 33.6 Å². The molecule has 1 fully saturated rings. The molecule has 0 spiro atoms. The van der Waals surface area contributed by atoms with Gasteiger partial charge in [-0.15, -0.1) is 11.3 Å². The largest absolute Gasteiger partial charge is 0.462 e. The number of hydrogen-bond acceptors (Lipinski definition) is 6. The predicted octanol–water partition coefficient (Wildman–Crippen LogP) is 3.88. The number of rotatable bonds is 9. The zero-order chi connectivity index (χ0) is 23.5. The smallest absolute Gasteiger partial charge is 0.341 e. The van der Waals surface area contributed by atoms with Crippen molar-refractivity contribution < 1.29 is 23.9 Å². The molecule has 1 aromatic rings. The summed E-state index contributed by atoms with van der Waals surface area (Å²) in [6.07, 6.45) is 5.15. The number of hydrogen-bond donors (Lipinski definition) is 2. The van der Waals surface area contributed by atoms with E-state index < -0.39 is 23.4 Å². The molecule has 176 valence electrons. The Morgan fingerprint density at radius 2 is 1.91 bits per heavy atom. The van der Waals surface area contributed by atoms with Crippen LogP contribution in [0.15, 0.2) is 0 Å². The average Bonchev–Trinajstić information content (AvgIpc) is 3.18. The number of ether oxygens (including phenoxy) is 1. The Labute approximate surface area is 193 Å². The van der Waals surface area contributed by atoms with Crippen molar-refractivity contribution in [2.24, 2.45) is 5.92 Å². The van der Waals surface area contributed by atoms with Crippen molar-refractivity contribution in [3.63, 3.8) is 0 Å². The molecule has 1 aliphatic heterocycles. The molecule has 9 heteroatoms. The number of carbonyl (C=O) groups excluding carboxylic acids is 4. The second-order valence-corrected chi connectivity index (χ2v) is 9.83. The summed E-state index contributed by atoms with van der Waals surface area (Å²) in [6, 6.07) is -0.544. The van der Waals surface area contributed by atoms with Crippen molar-refractivity contribution >= 4 is 40.2 Å². The van der Waals surface area contributed by atoms with Crippen LogP contribution in [0.2, 0.25) is 0 Å². The van der Waals surface area contributed by atoms with Crippen molar-refractivity contribution in [3.8, 4) is 0 Å². The Bertz CT molecular complexity index is 904. The molecule has 1 saturated heterocycles. The number of esters is 1. The summed E-state index contributed by atoms with van der Waals surface area (Å²) in [5.41, 5.74) is 0.423. The number of nitrogens with zero attached hydrogens (tertiary/aromatic N) is 1. The number of carbonyl (C=O) groups is 4. The predicted molar refractivity (Wildman–Crippen MR) is 123 cm³/mol. The van der Waals surface area contributed by atoms with Gasteiger partial charge >= 0.3 is 12.0 Å². The molecule has 2 heterocycles. The minimum absolute atomic E-state index is 0.243. The Morgan fingerprint density at radius 1 is 1.22 bits per heavy atom. The first-order chi connectivity index (χ1) is 15.3. The summed E-state index contributed by atoms with van der Waals surface area (Å²) < 4.78 is 5.24. The van der Waals surface area contributed by atoms with Gasteiger partial charge in [0, 0.05) is 4.88 Å². The van der Waals surface area contributed by atoms with E-state index in [0.29, 0.717) is 29.3 Å². The Balaban J connectivity index is 1.80. The van der Waals surface area contributed by atoms with Gasteiger partial charge in [-0.2, -0.15) is 0 Å². The molecule has 0 saturated carbocycles. The van der Waals surface area contributed by atoms with E-state index >= 15 is 0 Å². The van der Waals surface area contributed by atoms with Gasteiger partial charge in [-0.25, -0.2) is 9.59 Å². The van der Waals surface area contributed by atoms with E-state index in [-0.39, 0.29) is 19.1 Å². The zero-order valence-corrected chi connectivity index (χ0v) is 20.2. The van der Waals surface area contributed by atoms with Crippen LogP contribution in [-0.2, 0) is 27.2 Å². The van der Waals surface area contributed by atoms with E-state index in [0.717, 1.165) is 47.4 Å². The van der Waals surface area contributed by atoms with E-state index in [1.165, 1.54) is 11.3 Å². The molecule has 0 bridgehead atoms. The van der Waals surface area contributed by atoms with Crippen molar-refractivity contribution in [1.82, 2.24) is 10.2 Å². The molecule has 2 aliphatic rings. The molecular formula is C23H33N3O5S. The number of anilines is 1. The van der Waals surface area contributed by atoms with E-state index in [1.807, 2.05) is 13.8 Å². The van der Waals surface area contributed by atoms with Gasteiger partial charge < -0.3 is 15.4 Å². The van der Waals surface area contributed by atoms with Crippen LogP contribution < -0.4 is 10.6 Å². The number of fused-ring (bicyclic) bond motifs is 1. The number of urea groups is 1. The molecule has 1 aromatic heterocycles. The van der Waals surface area contributed by atoms with Gasteiger partial charge in [0.1, 0.15) is 17.1 Å². The summed E-state index contributed by atoms with van der Waals surface area (Å²) in [4.78, 5) is 53.2. The third-order valence-electron chi connectivity index (χ3n) is 6.15. The molecule has 1 unspecified atom stereocenters. The highest BCUT2D eigenvalue weighted by Gasteiger charge is 2.50. The van der Waals surface area contributed by atoms with Crippen LogP contribution in [0.5, 0.6) is 0 Å². The SMILES string of the molecule is CCCC1(CCC)NC(=O)N(CC(=O)Nc2sc3c(c2C(=O)OCC)CCC(C)C3)C1=O. The van der Waals surface area contributed by atoms with Crippen LogP contribution >= 0.6 is 11.3 Å². The molecule has 3 rings (SSSR count). The Hall–Kier alpha value is -2.42. The molecule has 2 N–H and O–H groups in total. The van der Waals surface area contributed by atoms with E-state index in [4.69, 9.17) is 4.74 Å². The zero-order valence-electron chi connectivity index (χ0n) is 19.3. The minimum Gasteiger partial charge on any atom is -0.462 e. The highest BCUT2D eigenvalue weighted by Crippen LogP contribution is 2.40. The van der Waals surface area contributed by atoms with E-state index in [1.54, 1.807) is 6.92 Å². The quantitative estimate of drug-likeness (QED) is 0.427. The molecule has 32 heavy (non-hydrogen) atoms. The number of nitrogens with one attached hydrogen (secondary N) is 2. The fraction of sp³-hybridized carbons (Fsp3) is 0.652. The summed E-state index contributed by atoms with van der Waals surface area (Å²) in [7, 11) is 0. The normalized spacial score (nSPS) is 19.5. The van der Waals surface area contributed by atoms with Crippen molar-refractivity contribution in [1.29, 1.82) is 0 Å². The molecular weight excluding hydrogens is 430 g/mol. The fourth-order valence-electron chi connectivity index (χ4n) is 4.71. The first kappa shape index (κ1) is 24.2. The molecule has 8 nitrogen and oxygen atoms in total. The lowest BCUT2D eigenvalue weighted by molar-refractivity contribution is -0.134. The third-order valence-corrected chi connectivity index (χ3v) is 7.32. The first-order valence-corrected chi connectivity index (χ1v) is 12.3. The maximum Gasteiger partial charge on any atom is 0.341 e. The van der Waals surface area contributed by atoms with Gasteiger partial charge in [0.05, 0.1) is 12.2 Å². The van der Waals surface area contributed by atoms with E-state index in [2.05, 4.69) is 17.6 Å². The maximum absolute atomic E-state index is 13.1. The highest BCUT2D eigenvalue weighted by molar-refractivity contribution is 7.17. The standard InChI is InChI=1S/C23H33N3O5S/c1-5-10-23(11-6-2)21(29)26(22(30)25-23)13-17(27)24-19-18(20(28)31-7-3)15-9-8-14(4)12-16(15)32-19/h14H,5-13H2,1-4H3,(H,24,27)(H,25,30). The number of amides is 4. The van der Waals surface area contributed by atoms with Gasteiger partial charge in [-0.3, -0.25) is 14.5 Å². The number of thiophene rings is 1. The second kappa shape index (κ2) is 10.0. The highest BCUT2D eigenvalue weighted by atomic mass is 32.1. The van der Waals surface area contributed by atoms with Crippen molar-refractivity contribution in [2.75, 3.05) is 18.5 Å². The monoisotopic (exact) mass is 463 g/mol. The van der Waals surface area contributed by atoms with Gasteiger partial charge in [-0.05, 0) is 50.5 Å². The average molecular weight is 464 g/mol. The third kappa shape index (κ3) is 4.67. The second-order valence-electron chi connectivity index (χ2n) is 8.73. The maximum atomic E-state index is 13.1. The van der Waals surface area contributed by atoms with Gasteiger partial charge in [0.2, 0.25) is 5.91 Å². The van der Waals surface area contributed by atoms with Crippen molar-refractivity contribution in [2.45, 2.75) is 78.2 Å². The summed E-state index contributed by atoms with van der Waals surface area (Å²) in [5, 5.41) is 6.04. The molecule has 0 aromatic carbocycles. The van der Waals surface area contributed by atoms with E-state index in [9.17, 15) is 19.2 Å². The van der Waals surface area contributed by atoms with Crippen LogP contribution in [0.3, 0.4) is 0 Å². The summed E-state index contributed by atoms with van der Waals surface area (Å²) in [5.74, 6) is -0.800. The lowest BCUT2D eigenvalue weighted by atomic mass is 9.88. The van der Waals surface area contributed by atoms with Crippen LogP contribution in [0.4, 0.5) is 9.80 Å². The van der Waals surface area contributed by atoms with Crippen LogP contribution in [0.1, 0.15) is 80.6 Å².